The van der Waals surface area contributed by atoms with Crippen LogP contribution in [-0.4, -0.2) is 21.3 Å². The molecule has 2 N–H and O–H groups in total. The van der Waals surface area contributed by atoms with E-state index in [9.17, 15) is 4.79 Å². The quantitative estimate of drug-likeness (QED) is 0.895. The minimum Gasteiger partial charge on any atom is -0.476 e. The molecule has 4 nitrogen and oxygen atoms in total. The Bertz CT molecular complexity index is 554. The Hall–Kier alpha value is -1.33. The second kappa shape index (κ2) is 4.27. The average Bonchev–Trinajstić information content (AvgIpc) is 2.61. The molecule has 0 bridgehead atoms. The highest BCUT2D eigenvalue weighted by molar-refractivity contribution is 9.10. The fraction of sp³-hybridized carbons (Fsp3) is 0. The summed E-state index contributed by atoms with van der Waals surface area (Å²) in [7, 11) is 0. The number of benzene rings is 1. The van der Waals surface area contributed by atoms with E-state index in [1.807, 2.05) is 6.07 Å². The van der Waals surface area contributed by atoms with E-state index in [2.05, 4.69) is 26.1 Å². The van der Waals surface area contributed by atoms with Gasteiger partial charge in [-0.15, -0.1) is 0 Å². The molecule has 0 aliphatic rings. The maximum Gasteiger partial charge on any atom is 0.355 e. The van der Waals surface area contributed by atoms with Crippen molar-refractivity contribution in [2.75, 3.05) is 0 Å². The molecule has 0 spiro atoms. The maximum absolute atomic E-state index is 10.8. The van der Waals surface area contributed by atoms with E-state index in [-0.39, 0.29) is 5.69 Å². The van der Waals surface area contributed by atoms with E-state index in [0.29, 0.717) is 20.8 Å². The lowest BCUT2D eigenvalue weighted by atomic mass is 10.1. The van der Waals surface area contributed by atoms with Crippen LogP contribution < -0.4 is 0 Å². The Balaban J connectivity index is 2.58. The number of aromatic carboxylic acids is 1. The van der Waals surface area contributed by atoms with E-state index in [4.69, 9.17) is 16.7 Å². The van der Waals surface area contributed by atoms with Crippen molar-refractivity contribution in [2.45, 2.75) is 0 Å². The summed E-state index contributed by atoms with van der Waals surface area (Å²) < 4.78 is 0.396. The number of carboxylic acid groups (broad SMARTS) is 1. The predicted octanol–water partition coefficient (Wildman–Crippen LogP) is 3.19. The smallest absolute Gasteiger partial charge is 0.355 e. The lowest BCUT2D eigenvalue weighted by molar-refractivity contribution is 0.0689. The highest BCUT2D eigenvalue weighted by atomic mass is 79.9. The van der Waals surface area contributed by atoms with Crippen LogP contribution in [0.1, 0.15) is 10.5 Å². The normalized spacial score (nSPS) is 10.4. The molecule has 0 fully saturated rings. The standard InChI is InChI=1S/C10H6BrClN2O2/c11-7-8(13-14-9(7)10(15)16)5-3-1-2-4-6(5)12/h1-4H,(H,13,14)(H,15,16). The van der Waals surface area contributed by atoms with Gasteiger partial charge in [-0.2, -0.15) is 5.10 Å². The molecule has 2 rings (SSSR count). The molecule has 1 aromatic carbocycles. The number of nitrogens with zero attached hydrogens (tertiary/aromatic N) is 1. The van der Waals surface area contributed by atoms with E-state index >= 15 is 0 Å². The van der Waals surface area contributed by atoms with Crippen molar-refractivity contribution in [3.05, 3.63) is 39.5 Å². The fourth-order valence-electron chi connectivity index (χ4n) is 1.30. The zero-order valence-corrected chi connectivity index (χ0v) is 10.2. The number of carbonyl (C=O) groups is 1. The zero-order valence-electron chi connectivity index (χ0n) is 7.87. The number of nitrogens with one attached hydrogen (secondary N) is 1. The Morgan fingerprint density at radius 1 is 1.44 bits per heavy atom. The molecule has 6 heteroatoms. The Morgan fingerprint density at radius 3 is 2.69 bits per heavy atom. The van der Waals surface area contributed by atoms with Gasteiger partial charge < -0.3 is 5.11 Å². The summed E-state index contributed by atoms with van der Waals surface area (Å²) in [5, 5.41) is 15.8. The number of carboxylic acids is 1. The number of aromatic amines is 1. The number of hydrogen-bond donors (Lipinski definition) is 2. The molecule has 1 heterocycles. The third-order valence-electron chi connectivity index (χ3n) is 2.05. The van der Waals surface area contributed by atoms with E-state index in [1.165, 1.54) is 0 Å². The van der Waals surface area contributed by atoms with Crippen LogP contribution in [0.15, 0.2) is 28.7 Å². The van der Waals surface area contributed by atoms with Gasteiger partial charge in [-0.3, -0.25) is 5.10 Å². The van der Waals surface area contributed by atoms with Crippen LogP contribution >= 0.6 is 27.5 Å². The third kappa shape index (κ3) is 1.83. The first-order valence-electron chi connectivity index (χ1n) is 4.33. The van der Waals surface area contributed by atoms with E-state index in [0.717, 1.165) is 0 Å². The topological polar surface area (TPSA) is 66.0 Å². The molecule has 0 aliphatic heterocycles. The van der Waals surface area contributed by atoms with Gasteiger partial charge in [0.05, 0.1) is 9.50 Å². The Morgan fingerprint density at radius 2 is 2.12 bits per heavy atom. The zero-order chi connectivity index (χ0) is 11.7. The molecular formula is C10H6BrClN2O2. The van der Waals surface area contributed by atoms with Crippen LogP contribution in [0.25, 0.3) is 11.3 Å². The summed E-state index contributed by atoms with van der Waals surface area (Å²) in [6.45, 7) is 0. The van der Waals surface area contributed by atoms with Crippen molar-refractivity contribution in [1.29, 1.82) is 0 Å². The fourth-order valence-corrected chi connectivity index (χ4v) is 2.09. The number of rotatable bonds is 2. The third-order valence-corrected chi connectivity index (χ3v) is 3.15. The number of H-pyrrole nitrogens is 1. The van der Waals surface area contributed by atoms with Gasteiger partial charge in [0, 0.05) is 5.56 Å². The summed E-state index contributed by atoms with van der Waals surface area (Å²) >= 11 is 9.19. The summed E-state index contributed by atoms with van der Waals surface area (Å²) in [5.41, 5.74) is 1.18. The van der Waals surface area contributed by atoms with Gasteiger partial charge in [0.25, 0.3) is 0 Å². The van der Waals surface area contributed by atoms with Gasteiger partial charge in [0.1, 0.15) is 5.69 Å². The largest absolute Gasteiger partial charge is 0.476 e. The maximum atomic E-state index is 10.8. The lowest BCUT2D eigenvalue weighted by Crippen LogP contribution is -1.96. The minimum absolute atomic E-state index is 0.00918. The molecule has 0 saturated carbocycles. The van der Waals surface area contributed by atoms with Crippen LogP contribution in [0, 0.1) is 0 Å². The number of aromatic nitrogens is 2. The molecule has 0 unspecified atom stereocenters. The Labute approximate surface area is 104 Å². The van der Waals surface area contributed by atoms with Crippen molar-refractivity contribution in [3.8, 4) is 11.3 Å². The van der Waals surface area contributed by atoms with Gasteiger partial charge in [-0.25, -0.2) is 4.79 Å². The second-order valence-corrected chi connectivity index (χ2v) is 4.25. The van der Waals surface area contributed by atoms with Crippen LogP contribution in [0.4, 0.5) is 0 Å². The van der Waals surface area contributed by atoms with E-state index < -0.39 is 5.97 Å². The number of hydrogen-bond acceptors (Lipinski definition) is 2. The molecule has 0 saturated heterocycles. The van der Waals surface area contributed by atoms with Crippen LogP contribution in [-0.2, 0) is 0 Å². The van der Waals surface area contributed by atoms with Gasteiger partial charge in [-0.1, -0.05) is 29.8 Å². The first kappa shape index (κ1) is 11.2. The van der Waals surface area contributed by atoms with Crippen molar-refractivity contribution in [2.24, 2.45) is 0 Å². The molecule has 2 aromatic rings. The number of halogens is 2. The SMILES string of the molecule is O=C(O)c1[nH]nc(-c2ccccc2Cl)c1Br. The molecule has 82 valence electrons. The van der Waals surface area contributed by atoms with Gasteiger partial charge in [0.15, 0.2) is 5.69 Å². The predicted molar refractivity (Wildman–Crippen MR) is 63.7 cm³/mol. The minimum atomic E-state index is -1.07. The van der Waals surface area contributed by atoms with Crippen LogP contribution in [0.3, 0.4) is 0 Å². The van der Waals surface area contributed by atoms with Crippen LogP contribution in [0.5, 0.6) is 0 Å². The Kier molecular flexibility index (Phi) is 2.98. The second-order valence-electron chi connectivity index (χ2n) is 3.05. The van der Waals surface area contributed by atoms with Crippen molar-refractivity contribution >= 4 is 33.5 Å². The van der Waals surface area contributed by atoms with Crippen LogP contribution in [0.2, 0.25) is 5.02 Å². The monoisotopic (exact) mass is 300 g/mol. The lowest BCUT2D eigenvalue weighted by Gasteiger charge is -2.00. The first-order chi connectivity index (χ1) is 7.61. The summed E-state index contributed by atoms with van der Waals surface area (Å²) in [6.07, 6.45) is 0. The summed E-state index contributed by atoms with van der Waals surface area (Å²) in [4.78, 5) is 10.8. The van der Waals surface area contributed by atoms with Crippen molar-refractivity contribution < 1.29 is 9.90 Å². The molecular weight excluding hydrogens is 295 g/mol. The highest BCUT2D eigenvalue weighted by Crippen LogP contribution is 2.33. The summed E-state index contributed by atoms with van der Waals surface area (Å²) in [5.74, 6) is -1.07. The van der Waals surface area contributed by atoms with Gasteiger partial charge in [0.2, 0.25) is 0 Å². The van der Waals surface area contributed by atoms with Gasteiger partial charge in [-0.05, 0) is 22.0 Å². The molecule has 16 heavy (non-hydrogen) atoms. The molecule has 0 radical (unpaired) electrons. The molecule has 0 aliphatic carbocycles. The summed E-state index contributed by atoms with van der Waals surface area (Å²) in [6, 6.07) is 7.10. The highest BCUT2D eigenvalue weighted by Gasteiger charge is 2.18. The molecule has 0 amide bonds. The first-order valence-corrected chi connectivity index (χ1v) is 5.50. The average molecular weight is 302 g/mol. The van der Waals surface area contributed by atoms with Gasteiger partial charge >= 0.3 is 5.97 Å². The molecule has 1 aromatic heterocycles. The molecule has 0 atom stereocenters. The van der Waals surface area contributed by atoms with E-state index in [1.54, 1.807) is 18.2 Å². The van der Waals surface area contributed by atoms with Crippen molar-refractivity contribution in [3.63, 3.8) is 0 Å². The van der Waals surface area contributed by atoms with Crippen molar-refractivity contribution in [1.82, 2.24) is 10.2 Å².